The number of nitrogens with one attached hydrogen (secondary N) is 3. The van der Waals surface area contributed by atoms with Crippen molar-refractivity contribution >= 4 is 23.4 Å². The Morgan fingerprint density at radius 1 is 1.40 bits per heavy atom. The third-order valence-electron chi connectivity index (χ3n) is 2.13. The Morgan fingerprint density at radius 2 is 2.20 bits per heavy atom. The lowest BCUT2D eigenvalue weighted by atomic mass is 10.3. The number of H-pyrrole nitrogens is 2. The summed E-state index contributed by atoms with van der Waals surface area (Å²) >= 11 is 0.857. The number of hydrogen-bond acceptors (Lipinski definition) is 5. The van der Waals surface area contributed by atoms with Crippen LogP contribution in [0.1, 0.15) is 0 Å². The smallest absolute Gasteiger partial charge is 0.325 e. The van der Waals surface area contributed by atoms with Gasteiger partial charge in [-0.15, -0.1) is 0 Å². The van der Waals surface area contributed by atoms with Gasteiger partial charge >= 0.3 is 5.69 Å². The first-order valence-corrected chi connectivity index (χ1v) is 6.40. The van der Waals surface area contributed by atoms with E-state index in [1.165, 1.54) is 24.3 Å². The van der Waals surface area contributed by atoms with Gasteiger partial charge < -0.3 is 5.32 Å². The van der Waals surface area contributed by atoms with Gasteiger partial charge in [-0.3, -0.25) is 14.6 Å². The zero-order valence-electron chi connectivity index (χ0n) is 9.97. The standard InChI is InChI=1S/C11H9FN4O3S/c12-6-2-1-3-7(4-6)13-8(17)5-20-10-9(18)14-11(19)16-15-10/h1-4H,5H2,(H,13,17)(H2,14,16,18,19). The Kier molecular flexibility index (Phi) is 4.31. The van der Waals surface area contributed by atoms with Crippen molar-refractivity contribution in [2.24, 2.45) is 0 Å². The minimum Gasteiger partial charge on any atom is -0.325 e. The summed E-state index contributed by atoms with van der Waals surface area (Å²) in [6.45, 7) is 0. The number of aromatic amines is 2. The molecule has 0 unspecified atom stereocenters. The zero-order valence-corrected chi connectivity index (χ0v) is 10.8. The summed E-state index contributed by atoms with van der Waals surface area (Å²) in [5.41, 5.74) is -1.07. The van der Waals surface area contributed by atoms with E-state index >= 15 is 0 Å². The van der Waals surface area contributed by atoms with E-state index in [1.54, 1.807) is 0 Å². The molecule has 0 aliphatic rings. The van der Waals surface area contributed by atoms with Crippen molar-refractivity contribution in [3.8, 4) is 0 Å². The van der Waals surface area contributed by atoms with E-state index in [2.05, 4.69) is 15.5 Å². The van der Waals surface area contributed by atoms with Gasteiger partial charge in [-0.05, 0) is 18.2 Å². The van der Waals surface area contributed by atoms with E-state index in [9.17, 15) is 18.8 Å². The Hall–Kier alpha value is -2.42. The third kappa shape index (κ3) is 3.79. The molecule has 0 saturated carbocycles. The van der Waals surface area contributed by atoms with Gasteiger partial charge in [0.05, 0.1) is 5.75 Å². The molecule has 0 saturated heterocycles. The number of aromatic nitrogens is 3. The molecule has 0 fully saturated rings. The average Bonchev–Trinajstić information content (AvgIpc) is 2.37. The van der Waals surface area contributed by atoms with E-state index in [1.807, 2.05) is 4.98 Å². The molecule has 1 amide bonds. The lowest BCUT2D eigenvalue weighted by Crippen LogP contribution is -2.25. The zero-order chi connectivity index (χ0) is 14.5. The van der Waals surface area contributed by atoms with Crippen LogP contribution in [0, 0.1) is 5.82 Å². The second kappa shape index (κ2) is 6.15. The first-order chi connectivity index (χ1) is 9.54. The predicted octanol–water partition coefficient (Wildman–Crippen LogP) is 0.328. The molecule has 2 rings (SSSR count). The van der Waals surface area contributed by atoms with Gasteiger partial charge in [-0.2, -0.15) is 5.10 Å². The number of benzene rings is 1. The molecule has 1 heterocycles. The molecule has 0 bridgehead atoms. The SMILES string of the molecule is O=C(CSc1n[nH]c(=O)[nH]c1=O)Nc1cccc(F)c1. The van der Waals surface area contributed by atoms with E-state index in [4.69, 9.17) is 0 Å². The summed E-state index contributed by atoms with van der Waals surface area (Å²) in [5.74, 6) is -0.985. The summed E-state index contributed by atoms with van der Waals surface area (Å²) in [6, 6.07) is 5.44. The van der Waals surface area contributed by atoms with Gasteiger partial charge in [0.1, 0.15) is 5.82 Å². The van der Waals surface area contributed by atoms with Crippen molar-refractivity contribution in [2.75, 3.05) is 11.1 Å². The third-order valence-corrected chi connectivity index (χ3v) is 3.09. The quantitative estimate of drug-likeness (QED) is 0.705. The van der Waals surface area contributed by atoms with Crippen molar-refractivity contribution in [3.63, 3.8) is 0 Å². The van der Waals surface area contributed by atoms with E-state index in [0.29, 0.717) is 5.69 Å². The molecule has 104 valence electrons. The molecule has 9 heteroatoms. The molecular formula is C11H9FN4O3S. The molecular weight excluding hydrogens is 287 g/mol. The normalized spacial score (nSPS) is 10.2. The van der Waals surface area contributed by atoms with Gasteiger partial charge in [-0.25, -0.2) is 14.3 Å². The number of halogens is 1. The van der Waals surface area contributed by atoms with E-state index < -0.39 is 23.0 Å². The van der Waals surface area contributed by atoms with Gasteiger partial charge in [0, 0.05) is 5.69 Å². The van der Waals surface area contributed by atoms with Crippen LogP contribution in [0.4, 0.5) is 10.1 Å². The van der Waals surface area contributed by atoms with Crippen molar-refractivity contribution in [1.82, 2.24) is 15.2 Å². The van der Waals surface area contributed by atoms with E-state index in [-0.39, 0.29) is 10.8 Å². The molecule has 0 atom stereocenters. The van der Waals surface area contributed by atoms with Gasteiger partial charge in [0.15, 0.2) is 5.03 Å². The Bertz CT molecular complexity index is 743. The van der Waals surface area contributed by atoms with Crippen molar-refractivity contribution in [1.29, 1.82) is 0 Å². The van der Waals surface area contributed by atoms with Crippen LogP contribution in [-0.2, 0) is 4.79 Å². The molecule has 1 aromatic carbocycles. The molecule has 0 spiro atoms. The molecule has 0 radical (unpaired) electrons. The highest BCUT2D eigenvalue weighted by atomic mass is 32.2. The van der Waals surface area contributed by atoms with E-state index in [0.717, 1.165) is 11.8 Å². The first-order valence-electron chi connectivity index (χ1n) is 5.42. The molecule has 3 N–H and O–H groups in total. The second-order valence-electron chi connectivity index (χ2n) is 3.66. The molecule has 1 aromatic heterocycles. The van der Waals surface area contributed by atoms with Crippen LogP contribution in [-0.4, -0.2) is 26.8 Å². The topological polar surface area (TPSA) is 108 Å². The summed E-state index contributed by atoms with van der Waals surface area (Å²) < 4.78 is 12.9. The molecule has 2 aromatic rings. The fraction of sp³-hybridized carbons (Fsp3) is 0.0909. The molecule has 20 heavy (non-hydrogen) atoms. The summed E-state index contributed by atoms with van der Waals surface area (Å²) in [7, 11) is 0. The van der Waals surface area contributed by atoms with Crippen LogP contribution in [0.15, 0.2) is 38.9 Å². The molecule has 0 aliphatic carbocycles. The number of rotatable bonds is 4. The number of carbonyl (C=O) groups is 1. The number of nitrogens with zero attached hydrogens (tertiary/aromatic N) is 1. The van der Waals surface area contributed by atoms with Gasteiger partial charge in [0.2, 0.25) is 5.91 Å². The van der Waals surface area contributed by atoms with Crippen molar-refractivity contribution in [3.05, 3.63) is 50.9 Å². The molecule has 0 aliphatic heterocycles. The second-order valence-corrected chi connectivity index (χ2v) is 4.62. The minimum absolute atomic E-state index is 0.0287. The summed E-state index contributed by atoms with van der Waals surface area (Å²) in [4.78, 5) is 35.7. The maximum atomic E-state index is 12.9. The summed E-state index contributed by atoms with van der Waals surface area (Å²) in [5, 5.41) is 8.01. The largest absolute Gasteiger partial charge is 0.342 e. The number of thioether (sulfide) groups is 1. The predicted molar refractivity (Wildman–Crippen MR) is 71.2 cm³/mol. The Labute approximate surface area is 115 Å². The van der Waals surface area contributed by atoms with Crippen molar-refractivity contribution < 1.29 is 9.18 Å². The Morgan fingerprint density at radius 3 is 2.90 bits per heavy atom. The number of hydrogen-bond donors (Lipinski definition) is 3. The van der Waals surface area contributed by atoms with Gasteiger partial charge in [0.25, 0.3) is 5.56 Å². The van der Waals surface area contributed by atoms with Crippen LogP contribution in [0.2, 0.25) is 0 Å². The average molecular weight is 296 g/mol. The number of anilines is 1. The van der Waals surface area contributed by atoms with Crippen LogP contribution in [0.3, 0.4) is 0 Å². The van der Waals surface area contributed by atoms with Crippen LogP contribution in [0.25, 0.3) is 0 Å². The lowest BCUT2D eigenvalue weighted by Gasteiger charge is -2.04. The van der Waals surface area contributed by atoms with Gasteiger partial charge in [-0.1, -0.05) is 17.8 Å². The number of carbonyl (C=O) groups excluding carboxylic acids is 1. The monoisotopic (exact) mass is 296 g/mol. The van der Waals surface area contributed by atoms with Crippen LogP contribution < -0.4 is 16.6 Å². The first kappa shape index (κ1) is 14.0. The molecule has 7 nitrogen and oxygen atoms in total. The van der Waals surface area contributed by atoms with Crippen molar-refractivity contribution in [2.45, 2.75) is 5.03 Å². The van der Waals surface area contributed by atoms with Crippen LogP contribution >= 0.6 is 11.8 Å². The highest BCUT2D eigenvalue weighted by molar-refractivity contribution is 7.99. The maximum absolute atomic E-state index is 12.9. The maximum Gasteiger partial charge on any atom is 0.342 e. The number of amides is 1. The highest BCUT2D eigenvalue weighted by Crippen LogP contribution is 2.12. The lowest BCUT2D eigenvalue weighted by molar-refractivity contribution is -0.113. The minimum atomic E-state index is -0.719. The Balaban J connectivity index is 1.95. The fourth-order valence-corrected chi connectivity index (χ4v) is 1.96. The summed E-state index contributed by atoms with van der Waals surface area (Å²) in [6.07, 6.45) is 0. The highest BCUT2D eigenvalue weighted by Gasteiger charge is 2.08. The fourth-order valence-electron chi connectivity index (χ4n) is 1.33. The van der Waals surface area contributed by atoms with Crippen LogP contribution in [0.5, 0.6) is 0 Å².